The Hall–Kier alpha value is -2.92. The Morgan fingerprint density at radius 3 is 2.43 bits per heavy atom. The number of amides is 1. The number of aromatic nitrogens is 2. The molecular weight excluding hydrogens is 372 g/mol. The summed E-state index contributed by atoms with van der Waals surface area (Å²) in [4.78, 5) is 20.5. The van der Waals surface area contributed by atoms with Gasteiger partial charge in [0.2, 0.25) is 0 Å². The van der Waals surface area contributed by atoms with Crippen molar-refractivity contribution in [3.63, 3.8) is 0 Å². The second-order valence-corrected chi connectivity index (χ2v) is 6.87. The van der Waals surface area contributed by atoms with E-state index in [9.17, 15) is 4.79 Å². The standard InChI is InChI=1S/C22H23ClN4O/c23-19-10-8-18(9-11-19)12-14-24-21-15-20(26-16-27-21)22(28)25-13-4-7-17-5-2-1-3-6-17/h1-3,5-6,8-11,15-16H,4,7,12-14H2,(H,25,28)(H,24,26,27). The minimum Gasteiger partial charge on any atom is -0.370 e. The highest BCUT2D eigenvalue weighted by Gasteiger charge is 2.08. The number of benzene rings is 2. The fourth-order valence-corrected chi connectivity index (χ4v) is 2.92. The van der Waals surface area contributed by atoms with Crippen LogP contribution in [0.15, 0.2) is 67.0 Å². The second-order valence-electron chi connectivity index (χ2n) is 6.44. The van der Waals surface area contributed by atoms with Crippen LogP contribution < -0.4 is 10.6 Å². The molecule has 2 N–H and O–H groups in total. The van der Waals surface area contributed by atoms with Crippen molar-refractivity contribution in [2.24, 2.45) is 0 Å². The van der Waals surface area contributed by atoms with Gasteiger partial charge in [-0.2, -0.15) is 0 Å². The van der Waals surface area contributed by atoms with E-state index >= 15 is 0 Å². The van der Waals surface area contributed by atoms with Crippen LogP contribution in [-0.2, 0) is 12.8 Å². The Balaban J connectivity index is 1.42. The van der Waals surface area contributed by atoms with Crippen LogP contribution in [0.3, 0.4) is 0 Å². The zero-order valence-electron chi connectivity index (χ0n) is 15.6. The maximum Gasteiger partial charge on any atom is 0.270 e. The largest absolute Gasteiger partial charge is 0.370 e. The maximum absolute atomic E-state index is 12.3. The summed E-state index contributed by atoms with van der Waals surface area (Å²) in [6.07, 6.45) is 4.06. The lowest BCUT2D eigenvalue weighted by Crippen LogP contribution is -2.26. The molecule has 0 bridgehead atoms. The fourth-order valence-electron chi connectivity index (χ4n) is 2.79. The Labute approximate surface area is 170 Å². The number of anilines is 1. The van der Waals surface area contributed by atoms with Crippen LogP contribution in [0.25, 0.3) is 0 Å². The smallest absolute Gasteiger partial charge is 0.270 e. The molecule has 0 saturated carbocycles. The summed E-state index contributed by atoms with van der Waals surface area (Å²) in [5, 5.41) is 6.87. The van der Waals surface area contributed by atoms with Gasteiger partial charge in [0.15, 0.2) is 0 Å². The number of halogens is 1. The number of hydrogen-bond acceptors (Lipinski definition) is 4. The number of nitrogens with zero attached hydrogens (tertiary/aromatic N) is 2. The van der Waals surface area contributed by atoms with Crippen LogP contribution in [0.1, 0.15) is 28.0 Å². The van der Waals surface area contributed by atoms with Crippen LogP contribution in [0.4, 0.5) is 5.82 Å². The molecule has 0 aliphatic heterocycles. The molecular formula is C22H23ClN4O. The molecule has 0 atom stereocenters. The molecule has 0 spiro atoms. The molecule has 5 nitrogen and oxygen atoms in total. The van der Waals surface area contributed by atoms with Crippen molar-refractivity contribution in [3.8, 4) is 0 Å². The van der Waals surface area contributed by atoms with Crippen LogP contribution in [0.2, 0.25) is 5.02 Å². The van der Waals surface area contributed by atoms with E-state index < -0.39 is 0 Å². The normalized spacial score (nSPS) is 10.5. The topological polar surface area (TPSA) is 66.9 Å². The highest BCUT2D eigenvalue weighted by Crippen LogP contribution is 2.10. The predicted molar refractivity (Wildman–Crippen MR) is 113 cm³/mol. The van der Waals surface area contributed by atoms with E-state index in [0.717, 1.165) is 24.3 Å². The van der Waals surface area contributed by atoms with E-state index in [4.69, 9.17) is 11.6 Å². The van der Waals surface area contributed by atoms with E-state index in [0.29, 0.717) is 24.6 Å². The molecule has 1 aromatic heterocycles. The third-order valence-electron chi connectivity index (χ3n) is 4.30. The molecule has 28 heavy (non-hydrogen) atoms. The maximum atomic E-state index is 12.3. The van der Waals surface area contributed by atoms with E-state index in [2.05, 4.69) is 32.7 Å². The van der Waals surface area contributed by atoms with Gasteiger partial charge in [-0.1, -0.05) is 54.1 Å². The summed E-state index contributed by atoms with van der Waals surface area (Å²) >= 11 is 5.89. The van der Waals surface area contributed by atoms with Crippen LogP contribution in [-0.4, -0.2) is 29.0 Å². The summed E-state index contributed by atoms with van der Waals surface area (Å²) in [6.45, 7) is 1.31. The molecule has 6 heteroatoms. The highest BCUT2D eigenvalue weighted by molar-refractivity contribution is 6.30. The molecule has 1 amide bonds. The SMILES string of the molecule is O=C(NCCCc1ccccc1)c1cc(NCCc2ccc(Cl)cc2)ncn1. The minimum atomic E-state index is -0.184. The van der Waals surface area contributed by atoms with Crippen molar-refractivity contribution in [1.82, 2.24) is 15.3 Å². The van der Waals surface area contributed by atoms with Crippen molar-refractivity contribution < 1.29 is 4.79 Å². The van der Waals surface area contributed by atoms with Gasteiger partial charge in [0, 0.05) is 24.2 Å². The van der Waals surface area contributed by atoms with Crippen molar-refractivity contribution in [2.75, 3.05) is 18.4 Å². The lowest BCUT2D eigenvalue weighted by atomic mass is 10.1. The summed E-state index contributed by atoms with van der Waals surface area (Å²) in [5.74, 6) is 0.453. The summed E-state index contributed by atoms with van der Waals surface area (Å²) in [6, 6.07) is 19.7. The number of hydrogen-bond donors (Lipinski definition) is 2. The van der Waals surface area contributed by atoms with Gasteiger partial charge in [-0.05, 0) is 42.5 Å². The zero-order valence-corrected chi connectivity index (χ0v) is 16.3. The monoisotopic (exact) mass is 394 g/mol. The molecule has 1 heterocycles. The third kappa shape index (κ3) is 6.35. The first-order valence-electron chi connectivity index (χ1n) is 9.33. The number of carbonyl (C=O) groups is 1. The number of rotatable bonds is 9. The first kappa shape index (κ1) is 19.8. The molecule has 0 fully saturated rings. The van der Waals surface area contributed by atoms with Gasteiger partial charge in [-0.3, -0.25) is 4.79 Å². The lowest BCUT2D eigenvalue weighted by Gasteiger charge is -2.08. The van der Waals surface area contributed by atoms with Gasteiger partial charge in [-0.15, -0.1) is 0 Å². The summed E-state index contributed by atoms with van der Waals surface area (Å²) in [5.41, 5.74) is 2.82. The van der Waals surface area contributed by atoms with E-state index in [1.54, 1.807) is 6.07 Å². The molecule has 144 valence electrons. The molecule has 3 aromatic rings. The van der Waals surface area contributed by atoms with Crippen LogP contribution >= 0.6 is 11.6 Å². The molecule has 0 saturated heterocycles. The van der Waals surface area contributed by atoms with E-state index in [-0.39, 0.29) is 5.91 Å². The molecule has 0 aliphatic rings. The molecule has 2 aromatic carbocycles. The Morgan fingerprint density at radius 2 is 1.64 bits per heavy atom. The molecule has 0 unspecified atom stereocenters. The van der Waals surface area contributed by atoms with E-state index in [1.165, 1.54) is 17.5 Å². The van der Waals surface area contributed by atoms with Crippen LogP contribution in [0, 0.1) is 0 Å². The zero-order chi connectivity index (χ0) is 19.6. The van der Waals surface area contributed by atoms with Gasteiger partial charge in [0.05, 0.1) is 0 Å². The van der Waals surface area contributed by atoms with E-state index in [1.807, 2.05) is 42.5 Å². The average Bonchev–Trinajstić information content (AvgIpc) is 2.73. The molecule has 0 aliphatic carbocycles. The summed E-state index contributed by atoms with van der Waals surface area (Å²) in [7, 11) is 0. The van der Waals surface area contributed by atoms with Crippen LogP contribution in [0.5, 0.6) is 0 Å². The van der Waals surface area contributed by atoms with Gasteiger partial charge < -0.3 is 10.6 Å². The van der Waals surface area contributed by atoms with Crippen molar-refractivity contribution >= 4 is 23.3 Å². The Kier molecular flexibility index (Phi) is 7.38. The third-order valence-corrected chi connectivity index (χ3v) is 4.56. The Morgan fingerprint density at radius 1 is 0.893 bits per heavy atom. The fraction of sp³-hybridized carbons (Fsp3) is 0.227. The first-order valence-corrected chi connectivity index (χ1v) is 9.71. The number of nitrogens with one attached hydrogen (secondary N) is 2. The summed E-state index contributed by atoms with van der Waals surface area (Å²) < 4.78 is 0. The molecule has 3 rings (SSSR count). The Bertz CT molecular complexity index is 885. The minimum absolute atomic E-state index is 0.184. The van der Waals surface area contributed by atoms with Gasteiger partial charge in [0.25, 0.3) is 5.91 Å². The average molecular weight is 395 g/mol. The molecule has 0 radical (unpaired) electrons. The highest BCUT2D eigenvalue weighted by atomic mass is 35.5. The predicted octanol–water partition coefficient (Wildman–Crippen LogP) is 4.15. The van der Waals surface area contributed by atoms with Crippen molar-refractivity contribution in [3.05, 3.63) is 88.8 Å². The van der Waals surface area contributed by atoms with Crippen molar-refractivity contribution in [2.45, 2.75) is 19.3 Å². The van der Waals surface area contributed by atoms with Gasteiger partial charge >= 0.3 is 0 Å². The number of carbonyl (C=O) groups excluding carboxylic acids is 1. The van der Waals surface area contributed by atoms with Gasteiger partial charge in [-0.25, -0.2) is 9.97 Å². The van der Waals surface area contributed by atoms with Crippen molar-refractivity contribution in [1.29, 1.82) is 0 Å². The second kappa shape index (κ2) is 10.4. The quantitative estimate of drug-likeness (QED) is 0.535. The first-order chi connectivity index (χ1) is 13.7. The lowest BCUT2D eigenvalue weighted by molar-refractivity contribution is 0.0948. The van der Waals surface area contributed by atoms with Gasteiger partial charge in [0.1, 0.15) is 17.8 Å². The number of aryl methyl sites for hydroxylation is 1.